The van der Waals surface area contributed by atoms with Gasteiger partial charge in [0.15, 0.2) is 6.54 Å². The lowest BCUT2D eigenvalue weighted by Gasteiger charge is -2.31. The quantitative estimate of drug-likeness (QED) is 0.822. The van der Waals surface area contributed by atoms with Crippen LogP contribution in [-0.2, 0) is 9.53 Å². The maximum absolute atomic E-state index is 12.3. The summed E-state index contributed by atoms with van der Waals surface area (Å²) in [6, 6.07) is 5.20. The molecule has 0 spiro atoms. The number of rotatable bonds is 4. The van der Waals surface area contributed by atoms with E-state index in [1.54, 1.807) is 12.1 Å². The van der Waals surface area contributed by atoms with Crippen LogP contribution < -0.4 is 10.2 Å². The number of nitrogens with one attached hydrogen (secondary N) is 2. The van der Waals surface area contributed by atoms with E-state index in [-0.39, 0.29) is 5.91 Å². The number of amides is 1. The molecule has 0 aliphatic carbocycles. The molecule has 5 heteroatoms. The molecule has 3 atom stereocenters. The predicted molar refractivity (Wildman–Crippen MR) is 89.7 cm³/mol. The van der Waals surface area contributed by atoms with Crippen LogP contribution in [0.3, 0.4) is 0 Å². The average Bonchev–Trinajstić information content (AvgIpc) is 2.47. The van der Waals surface area contributed by atoms with E-state index in [2.05, 4.69) is 19.2 Å². The summed E-state index contributed by atoms with van der Waals surface area (Å²) < 4.78 is 4.73. The van der Waals surface area contributed by atoms with Crippen molar-refractivity contribution in [1.29, 1.82) is 0 Å². The smallest absolute Gasteiger partial charge is 0.337 e. The number of esters is 1. The summed E-state index contributed by atoms with van der Waals surface area (Å²) in [5.74, 6) is 0.910. The van der Waals surface area contributed by atoms with E-state index >= 15 is 0 Å². The Morgan fingerprint density at radius 1 is 1.26 bits per heavy atom. The molecular weight excluding hydrogens is 292 g/mol. The van der Waals surface area contributed by atoms with Crippen LogP contribution in [-0.4, -0.2) is 38.6 Å². The fourth-order valence-corrected chi connectivity index (χ4v) is 3.49. The van der Waals surface area contributed by atoms with E-state index in [0.717, 1.165) is 18.7 Å². The number of anilines is 1. The summed E-state index contributed by atoms with van der Waals surface area (Å²) in [5, 5.41) is 2.94. The third-order valence-corrected chi connectivity index (χ3v) is 4.42. The molecule has 2 rings (SSSR count). The number of carbonyl (C=O) groups excluding carboxylic acids is 2. The topological polar surface area (TPSA) is 59.8 Å². The monoisotopic (exact) mass is 319 g/mol. The van der Waals surface area contributed by atoms with Crippen LogP contribution in [0.15, 0.2) is 18.2 Å². The number of methoxy groups -OCH3 is 1. The number of carbonyl (C=O) groups is 2. The highest BCUT2D eigenvalue weighted by Gasteiger charge is 2.26. The number of ether oxygens (including phenoxy) is 1. The van der Waals surface area contributed by atoms with Gasteiger partial charge in [-0.05, 0) is 31.0 Å². The minimum atomic E-state index is -0.398. The molecule has 1 aromatic rings. The molecular formula is C18H27N2O3+. The molecule has 1 unspecified atom stereocenters. The molecule has 1 amide bonds. The molecule has 126 valence electrons. The molecule has 1 heterocycles. The standard InChI is InChI=1S/C18H26N2O3/c1-12-7-13(2)10-20(9-12)11-17(21)19-16-8-15(18(22)23-4)6-5-14(16)3/h5-6,8,12-13H,7,9-11H2,1-4H3,(H,19,21)/p+1/t12-,13+. The van der Waals surface area contributed by atoms with Crippen molar-refractivity contribution in [3.8, 4) is 0 Å². The van der Waals surface area contributed by atoms with Gasteiger partial charge in [-0.3, -0.25) is 4.79 Å². The highest BCUT2D eigenvalue weighted by molar-refractivity contribution is 5.95. The number of likely N-dealkylation sites (tertiary alicyclic amines) is 1. The van der Waals surface area contributed by atoms with Crippen LogP contribution in [0.5, 0.6) is 0 Å². The molecule has 2 N–H and O–H groups in total. The summed E-state index contributed by atoms with van der Waals surface area (Å²) in [5.41, 5.74) is 2.05. The number of benzene rings is 1. The largest absolute Gasteiger partial charge is 0.465 e. The zero-order valence-electron chi connectivity index (χ0n) is 14.4. The highest BCUT2D eigenvalue weighted by atomic mass is 16.5. The molecule has 1 aliphatic rings. The van der Waals surface area contributed by atoms with Crippen molar-refractivity contribution in [1.82, 2.24) is 0 Å². The first-order valence-electron chi connectivity index (χ1n) is 8.21. The second-order valence-corrected chi connectivity index (χ2v) is 6.85. The molecule has 0 saturated carbocycles. The Balaban J connectivity index is 2.01. The maximum Gasteiger partial charge on any atom is 0.337 e. The average molecular weight is 319 g/mol. The van der Waals surface area contributed by atoms with Gasteiger partial charge in [0.2, 0.25) is 0 Å². The Labute approximate surface area is 138 Å². The zero-order chi connectivity index (χ0) is 17.0. The lowest BCUT2D eigenvalue weighted by molar-refractivity contribution is -0.904. The summed E-state index contributed by atoms with van der Waals surface area (Å²) in [4.78, 5) is 25.3. The number of quaternary nitrogens is 1. The van der Waals surface area contributed by atoms with Gasteiger partial charge in [0.1, 0.15) is 0 Å². The van der Waals surface area contributed by atoms with Crippen molar-refractivity contribution in [3.63, 3.8) is 0 Å². The van der Waals surface area contributed by atoms with Crippen LogP contribution in [0.25, 0.3) is 0 Å². The molecule has 1 aromatic carbocycles. The first-order valence-corrected chi connectivity index (χ1v) is 8.21. The van der Waals surface area contributed by atoms with Gasteiger partial charge in [-0.1, -0.05) is 19.9 Å². The summed E-state index contributed by atoms with van der Waals surface area (Å²) in [7, 11) is 1.35. The molecule has 5 nitrogen and oxygen atoms in total. The number of piperidine rings is 1. The first-order chi connectivity index (χ1) is 10.9. The fourth-order valence-electron chi connectivity index (χ4n) is 3.49. The van der Waals surface area contributed by atoms with Crippen LogP contribution in [0.2, 0.25) is 0 Å². The highest BCUT2D eigenvalue weighted by Crippen LogP contribution is 2.17. The summed E-state index contributed by atoms with van der Waals surface area (Å²) in [6.07, 6.45) is 1.24. The van der Waals surface area contributed by atoms with E-state index in [9.17, 15) is 9.59 Å². The second kappa shape index (κ2) is 7.59. The predicted octanol–water partition coefficient (Wildman–Crippen LogP) is 1.28. The minimum absolute atomic E-state index is 0.00795. The van der Waals surface area contributed by atoms with Gasteiger partial charge in [0.25, 0.3) is 5.91 Å². The molecule has 23 heavy (non-hydrogen) atoms. The van der Waals surface area contributed by atoms with Gasteiger partial charge >= 0.3 is 5.97 Å². The molecule has 0 aromatic heterocycles. The van der Waals surface area contributed by atoms with Crippen molar-refractivity contribution < 1.29 is 19.2 Å². The zero-order valence-corrected chi connectivity index (χ0v) is 14.4. The van der Waals surface area contributed by atoms with Gasteiger partial charge in [0, 0.05) is 17.5 Å². The van der Waals surface area contributed by atoms with Crippen LogP contribution >= 0.6 is 0 Å². The van der Waals surface area contributed by atoms with Crippen LogP contribution in [0.1, 0.15) is 36.2 Å². The van der Waals surface area contributed by atoms with Crippen molar-refractivity contribution in [2.24, 2.45) is 11.8 Å². The van der Waals surface area contributed by atoms with Crippen molar-refractivity contribution in [2.45, 2.75) is 27.2 Å². The van der Waals surface area contributed by atoms with Crippen molar-refractivity contribution in [3.05, 3.63) is 29.3 Å². The van der Waals surface area contributed by atoms with Crippen LogP contribution in [0.4, 0.5) is 5.69 Å². The summed E-state index contributed by atoms with van der Waals surface area (Å²) >= 11 is 0. The van der Waals surface area contributed by atoms with E-state index < -0.39 is 5.97 Å². The Hall–Kier alpha value is -1.88. The van der Waals surface area contributed by atoms with Gasteiger partial charge in [-0.25, -0.2) is 4.79 Å². The van der Waals surface area contributed by atoms with Gasteiger partial charge < -0.3 is 15.0 Å². The molecule has 0 bridgehead atoms. The first kappa shape index (κ1) is 17.5. The molecule has 1 saturated heterocycles. The normalized spacial score (nSPS) is 24.1. The number of aryl methyl sites for hydroxylation is 1. The van der Waals surface area contributed by atoms with E-state index in [1.165, 1.54) is 18.4 Å². The number of hydrogen-bond acceptors (Lipinski definition) is 3. The molecule has 0 radical (unpaired) electrons. The molecule has 1 fully saturated rings. The lowest BCUT2D eigenvalue weighted by atomic mass is 9.92. The minimum Gasteiger partial charge on any atom is -0.465 e. The van der Waals surface area contributed by atoms with E-state index in [4.69, 9.17) is 4.74 Å². The Bertz CT molecular complexity index is 576. The van der Waals surface area contributed by atoms with E-state index in [0.29, 0.717) is 29.6 Å². The summed E-state index contributed by atoms with van der Waals surface area (Å²) in [6.45, 7) is 8.96. The van der Waals surface area contributed by atoms with Crippen LogP contribution in [0, 0.1) is 18.8 Å². The Morgan fingerprint density at radius 2 is 1.91 bits per heavy atom. The van der Waals surface area contributed by atoms with Gasteiger partial charge in [-0.2, -0.15) is 0 Å². The fraction of sp³-hybridized carbons (Fsp3) is 0.556. The van der Waals surface area contributed by atoms with Crippen molar-refractivity contribution >= 4 is 17.6 Å². The number of hydrogen-bond donors (Lipinski definition) is 2. The lowest BCUT2D eigenvalue weighted by Crippen LogP contribution is -3.15. The maximum atomic E-state index is 12.3. The second-order valence-electron chi connectivity index (χ2n) is 6.85. The van der Waals surface area contributed by atoms with Gasteiger partial charge in [0.05, 0.1) is 25.8 Å². The van der Waals surface area contributed by atoms with Crippen molar-refractivity contribution in [2.75, 3.05) is 32.1 Å². The SMILES string of the molecule is COC(=O)c1ccc(C)c(NC(=O)C[NH+]2C[C@H](C)C[C@H](C)C2)c1. The van der Waals surface area contributed by atoms with E-state index in [1.807, 2.05) is 13.0 Å². The Morgan fingerprint density at radius 3 is 2.52 bits per heavy atom. The Kier molecular flexibility index (Phi) is 5.77. The molecule has 1 aliphatic heterocycles. The third-order valence-electron chi connectivity index (χ3n) is 4.42. The third kappa shape index (κ3) is 4.79. The van der Waals surface area contributed by atoms with Gasteiger partial charge in [-0.15, -0.1) is 0 Å².